The molecule has 0 aliphatic carbocycles. The second kappa shape index (κ2) is 7.33. The van der Waals surface area contributed by atoms with Gasteiger partial charge in [-0.1, -0.05) is 6.92 Å². The van der Waals surface area contributed by atoms with E-state index < -0.39 is 5.97 Å². The van der Waals surface area contributed by atoms with Gasteiger partial charge in [-0.3, -0.25) is 9.59 Å². The van der Waals surface area contributed by atoms with Crippen LogP contribution in [-0.4, -0.2) is 59.3 Å². The number of nitrogens with zero attached hydrogens (tertiary/aromatic N) is 1. The molecule has 1 amide bonds. The molecule has 0 aromatic heterocycles. The summed E-state index contributed by atoms with van der Waals surface area (Å²) in [5, 5.41) is 20.8. The molecule has 2 atom stereocenters. The molecule has 1 aliphatic heterocycles. The molecule has 0 bridgehead atoms. The highest BCUT2D eigenvalue weighted by Crippen LogP contribution is 2.20. The van der Waals surface area contributed by atoms with Crippen molar-refractivity contribution in [2.24, 2.45) is 5.92 Å². The average molecular weight is 258 g/mol. The van der Waals surface area contributed by atoms with Gasteiger partial charge in [0.2, 0.25) is 5.91 Å². The first-order chi connectivity index (χ1) is 8.56. The molecule has 3 N–H and O–H groups in total. The van der Waals surface area contributed by atoms with Crippen molar-refractivity contribution in [1.82, 2.24) is 10.2 Å². The third-order valence-corrected chi connectivity index (χ3v) is 3.20. The summed E-state index contributed by atoms with van der Waals surface area (Å²) in [7, 11) is 0. The van der Waals surface area contributed by atoms with Crippen molar-refractivity contribution < 1.29 is 19.8 Å². The molecule has 18 heavy (non-hydrogen) atoms. The number of rotatable bonds is 6. The zero-order valence-corrected chi connectivity index (χ0v) is 10.8. The molecule has 0 saturated carbocycles. The number of likely N-dealkylation sites (tertiary alicyclic amines) is 1. The van der Waals surface area contributed by atoms with Crippen molar-refractivity contribution in [3.63, 3.8) is 0 Å². The summed E-state index contributed by atoms with van der Waals surface area (Å²) >= 11 is 0. The van der Waals surface area contributed by atoms with Crippen LogP contribution in [0.5, 0.6) is 0 Å². The zero-order chi connectivity index (χ0) is 13.5. The zero-order valence-electron chi connectivity index (χ0n) is 10.8. The fourth-order valence-electron chi connectivity index (χ4n) is 2.44. The van der Waals surface area contributed by atoms with Gasteiger partial charge < -0.3 is 20.4 Å². The Balaban J connectivity index is 2.59. The first-order valence-electron chi connectivity index (χ1n) is 6.40. The van der Waals surface area contributed by atoms with Gasteiger partial charge in [0.25, 0.3) is 0 Å². The number of aliphatic hydroxyl groups excluding tert-OH is 1. The minimum Gasteiger partial charge on any atom is -0.481 e. The van der Waals surface area contributed by atoms with Crippen molar-refractivity contribution in [3.05, 3.63) is 0 Å². The predicted octanol–water partition coefficient (Wildman–Crippen LogP) is -0.330. The smallest absolute Gasteiger partial charge is 0.303 e. The third kappa shape index (κ3) is 4.62. The number of aliphatic hydroxyl groups is 1. The number of carbonyl (C=O) groups excluding carboxylic acids is 1. The first-order valence-corrected chi connectivity index (χ1v) is 6.40. The standard InChI is InChI=1S/C12H22N2O4/c1-2-11(16)14-7-9(6-12(17)18)5-10(8-14)13-3-4-15/h9-10,13,15H,2-8H2,1H3,(H,17,18). The molecule has 0 aromatic carbocycles. The van der Waals surface area contributed by atoms with E-state index in [2.05, 4.69) is 5.32 Å². The van der Waals surface area contributed by atoms with Gasteiger partial charge in [0, 0.05) is 38.5 Å². The van der Waals surface area contributed by atoms with Crippen LogP contribution in [0.1, 0.15) is 26.2 Å². The van der Waals surface area contributed by atoms with Crippen molar-refractivity contribution in [1.29, 1.82) is 0 Å². The lowest BCUT2D eigenvalue weighted by Crippen LogP contribution is -2.52. The van der Waals surface area contributed by atoms with E-state index in [1.807, 2.05) is 0 Å². The largest absolute Gasteiger partial charge is 0.481 e. The van der Waals surface area contributed by atoms with Gasteiger partial charge >= 0.3 is 5.97 Å². The molecule has 2 unspecified atom stereocenters. The van der Waals surface area contributed by atoms with Gasteiger partial charge in [-0.05, 0) is 12.3 Å². The average Bonchev–Trinajstić information content (AvgIpc) is 2.34. The van der Waals surface area contributed by atoms with Gasteiger partial charge in [-0.25, -0.2) is 0 Å². The minimum atomic E-state index is -0.827. The third-order valence-electron chi connectivity index (χ3n) is 3.20. The van der Waals surface area contributed by atoms with Crippen LogP contribution in [0, 0.1) is 5.92 Å². The molecular formula is C12H22N2O4. The van der Waals surface area contributed by atoms with Gasteiger partial charge in [0.1, 0.15) is 0 Å². The minimum absolute atomic E-state index is 0.0112. The Labute approximate surface area is 107 Å². The lowest BCUT2D eigenvalue weighted by Gasteiger charge is -2.37. The highest BCUT2D eigenvalue weighted by atomic mass is 16.4. The molecule has 1 rings (SSSR count). The van der Waals surface area contributed by atoms with Gasteiger partial charge in [0.15, 0.2) is 0 Å². The Hall–Kier alpha value is -1.14. The van der Waals surface area contributed by atoms with Crippen LogP contribution < -0.4 is 5.32 Å². The van der Waals surface area contributed by atoms with E-state index in [1.165, 1.54) is 0 Å². The molecule has 6 heteroatoms. The van der Waals surface area contributed by atoms with Crippen molar-refractivity contribution >= 4 is 11.9 Å². The summed E-state index contributed by atoms with van der Waals surface area (Å²) in [6.45, 7) is 3.44. The second-order valence-corrected chi connectivity index (χ2v) is 4.73. The highest BCUT2D eigenvalue weighted by Gasteiger charge is 2.30. The summed E-state index contributed by atoms with van der Waals surface area (Å²) in [6, 6.07) is 0.0748. The SMILES string of the molecule is CCC(=O)N1CC(CC(=O)O)CC(NCCO)C1. The number of aliphatic carboxylic acids is 1. The van der Waals surface area contributed by atoms with Crippen LogP contribution in [0.2, 0.25) is 0 Å². The maximum Gasteiger partial charge on any atom is 0.303 e. The number of amides is 1. The molecule has 104 valence electrons. The number of piperidine rings is 1. The Bertz CT molecular complexity index is 296. The lowest BCUT2D eigenvalue weighted by atomic mass is 9.91. The summed E-state index contributed by atoms with van der Waals surface area (Å²) in [5.41, 5.74) is 0. The Morgan fingerprint density at radius 1 is 1.39 bits per heavy atom. The Kier molecular flexibility index (Phi) is 6.07. The molecule has 1 aliphatic rings. The number of nitrogens with one attached hydrogen (secondary N) is 1. The number of hydrogen-bond acceptors (Lipinski definition) is 4. The van der Waals surface area contributed by atoms with Gasteiger partial charge in [-0.2, -0.15) is 0 Å². The molecule has 1 heterocycles. The summed E-state index contributed by atoms with van der Waals surface area (Å²) in [5.74, 6) is -0.782. The maximum absolute atomic E-state index is 11.7. The van der Waals surface area contributed by atoms with Crippen LogP contribution in [-0.2, 0) is 9.59 Å². The number of hydrogen-bond donors (Lipinski definition) is 3. The lowest BCUT2D eigenvalue weighted by molar-refractivity contribution is -0.141. The summed E-state index contributed by atoms with van der Waals surface area (Å²) < 4.78 is 0. The van der Waals surface area contributed by atoms with Crippen LogP contribution in [0.25, 0.3) is 0 Å². The molecule has 1 saturated heterocycles. The van der Waals surface area contributed by atoms with E-state index in [1.54, 1.807) is 11.8 Å². The first kappa shape index (κ1) is 14.9. The van der Waals surface area contributed by atoms with Crippen LogP contribution in [0.4, 0.5) is 0 Å². The predicted molar refractivity (Wildman–Crippen MR) is 66.1 cm³/mol. The Morgan fingerprint density at radius 2 is 2.11 bits per heavy atom. The van der Waals surface area contributed by atoms with Crippen LogP contribution in [0.15, 0.2) is 0 Å². The van der Waals surface area contributed by atoms with Crippen LogP contribution >= 0.6 is 0 Å². The van der Waals surface area contributed by atoms with E-state index in [0.717, 1.165) is 6.42 Å². The van der Waals surface area contributed by atoms with E-state index in [0.29, 0.717) is 26.1 Å². The van der Waals surface area contributed by atoms with E-state index in [-0.39, 0.29) is 30.9 Å². The quantitative estimate of drug-likeness (QED) is 0.607. The van der Waals surface area contributed by atoms with Crippen molar-refractivity contribution in [2.75, 3.05) is 26.2 Å². The monoisotopic (exact) mass is 258 g/mol. The van der Waals surface area contributed by atoms with Crippen molar-refractivity contribution in [2.45, 2.75) is 32.2 Å². The van der Waals surface area contributed by atoms with E-state index in [9.17, 15) is 9.59 Å². The van der Waals surface area contributed by atoms with Crippen LogP contribution in [0.3, 0.4) is 0 Å². The number of carboxylic acid groups (broad SMARTS) is 1. The van der Waals surface area contributed by atoms with Crippen molar-refractivity contribution in [3.8, 4) is 0 Å². The molecule has 0 aromatic rings. The maximum atomic E-state index is 11.7. The number of carbonyl (C=O) groups is 2. The second-order valence-electron chi connectivity index (χ2n) is 4.73. The number of carboxylic acids is 1. The Morgan fingerprint density at radius 3 is 2.67 bits per heavy atom. The van der Waals surface area contributed by atoms with E-state index in [4.69, 9.17) is 10.2 Å². The highest BCUT2D eigenvalue weighted by molar-refractivity contribution is 5.76. The normalized spacial score (nSPS) is 24.0. The molecule has 6 nitrogen and oxygen atoms in total. The summed E-state index contributed by atoms with van der Waals surface area (Å²) in [4.78, 5) is 24.2. The molecule has 0 spiro atoms. The molecule has 0 radical (unpaired) electrons. The molecule has 1 fully saturated rings. The van der Waals surface area contributed by atoms with E-state index >= 15 is 0 Å². The van der Waals surface area contributed by atoms with Gasteiger partial charge in [0.05, 0.1) is 6.61 Å². The summed E-state index contributed by atoms with van der Waals surface area (Å²) in [6.07, 6.45) is 1.26. The van der Waals surface area contributed by atoms with Gasteiger partial charge in [-0.15, -0.1) is 0 Å². The fraction of sp³-hybridized carbons (Fsp3) is 0.833. The molecular weight excluding hydrogens is 236 g/mol. The topological polar surface area (TPSA) is 89.9 Å². The fourth-order valence-corrected chi connectivity index (χ4v) is 2.44.